The molecule has 1 heterocycles. The van der Waals surface area contributed by atoms with Gasteiger partial charge in [0.05, 0.1) is 6.54 Å². The molecule has 2 N–H and O–H groups in total. The number of amides is 2. The summed E-state index contributed by atoms with van der Waals surface area (Å²) in [6, 6.07) is 10.9. The number of urea groups is 1. The van der Waals surface area contributed by atoms with Crippen LogP contribution in [0.1, 0.15) is 4.88 Å². The Morgan fingerprint density at radius 2 is 2.25 bits per heavy atom. The molecule has 1 aromatic carbocycles. The molecule has 0 aliphatic heterocycles. The average molecular weight is 288 g/mol. The first-order chi connectivity index (χ1) is 9.78. The van der Waals surface area contributed by atoms with Crippen LogP contribution in [0.3, 0.4) is 0 Å². The number of anilines is 1. The second-order valence-electron chi connectivity index (χ2n) is 4.01. The zero-order valence-electron chi connectivity index (χ0n) is 11.0. The smallest absolute Gasteiger partial charge is 0.319 e. The normalized spacial score (nSPS) is 9.80. The highest BCUT2D eigenvalue weighted by Crippen LogP contribution is 2.17. The van der Waals surface area contributed by atoms with E-state index in [9.17, 15) is 4.79 Å². The van der Waals surface area contributed by atoms with Gasteiger partial charge in [-0.1, -0.05) is 24.8 Å². The molecule has 0 unspecified atom stereocenters. The molecule has 2 amide bonds. The monoisotopic (exact) mass is 288 g/mol. The Morgan fingerprint density at radius 3 is 3.00 bits per heavy atom. The number of carbonyl (C=O) groups excluding carboxylic acids is 1. The van der Waals surface area contributed by atoms with Gasteiger partial charge in [0, 0.05) is 16.6 Å². The van der Waals surface area contributed by atoms with E-state index in [1.165, 1.54) is 0 Å². The average Bonchev–Trinajstić information content (AvgIpc) is 2.97. The Balaban J connectivity index is 1.85. The Hall–Kier alpha value is -2.27. The SMILES string of the molecule is C=CCOc1cccc(NC(=O)NCc2cccs2)c1. The number of nitrogens with one attached hydrogen (secondary N) is 2. The van der Waals surface area contributed by atoms with Gasteiger partial charge in [0.2, 0.25) is 0 Å². The molecule has 2 rings (SSSR count). The van der Waals surface area contributed by atoms with Gasteiger partial charge in [-0.15, -0.1) is 11.3 Å². The lowest BCUT2D eigenvalue weighted by Crippen LogP contribution is -2.27. The van der Waals surface area contributed by atoms with Gasteiger partial charge in [-0.3, -0.25) is 0 Å². The molecule has 0 saturated heterocycles. The third-order valence-electron chi connectivity index (χ3n) is 2.46. The molecule has 0 aliphatic rings. The first-order valence-corrected chi connectivity index (χ1v) is 7.07. The van der Waals surface area contributed by atoms with Crippen LogP contribution in [0.15, 0.2) is 54.4 Å². The highest BCUT2D eigenvalue weighted by atomic mass is 32.1. The van der Waals surface area contributed by atoms with Crippen LogP contribution in [0, 0.1) is 0 Å². The predicted octanol–water partition coefficient (Wildman–Crippen LogP) is 3.63. The molecule has 0 radical (unpaired) electrons. The summed E-state index contributed by atoms with van der Waals surface area (Å²) >= 11 is 1.61. The Labute approximate surface area is 122 Å². The number of carbonyl (C=O) groups is 1. The van der Waals surface area contributed by atoms with Crippen molar-refractivity contribution in [2.75, 3.05) is 11.9 Å². The minimum absolute atomic E-state index is 0.237. The summed E-state index contributed by atoms with van der Waals surface area (Å²) in [6.07, 6.45) is 1.67. The van der Waals surface area contributed by atoms with Crippen molar-refractivity contribution in [2.24, 2.45) is 0 Å². The van der Waals surface area contributed by atoms with Gasteiger partial charge in [-0.2, -0.15) is 0 Å². The number of thiophene rings is 1. The summed E-state index contributed by atoms with van der Waals surface area (Å²) in [5.74, 6) is 0.695. The Morgan fingerprint density at radius 1 is 1.35 bits per heavy atom. The molecular formula is C15H16N2O2S. The Kier molecular flexibility index (Phi) is 5.20. The minimum Gasteiger partial charge on any atom is -0.489 e. The number of ether oxygens (including phenoxy) is 1. The largest absolute Gasteiger partial charge is 0.489 e. The van der Waals surface area contributed by atoms with Crippen LogP contribution in [-0.4, -0.2) is 12.6 Å². The molecule has 5 heteroatoms. The second-order valence-corrected chi connectivity index (χ2v) is 5.05. The van der Waals surface area contributed by atoms with Gasteiger partial charge in [0.1, 0.15) is 12.4 Å². The van der Waals surface area contributed by atoms with Gasteiger partial charge in [-0.05, 0) is 23.6 Å². The molecule has 0 fully saturated rings. The van der Waals surface area contributed by atoms with Gasteiger partial charge in [0.25, 0.3) is 0 Å². The Bertz CT molecular complexity index is 567. The quantitative estimate of drug-likeness (QED) is 0.797. The van der Waals surface area contributed by atoms with E-state index in [1.54, 1.807) is 23.5 Å². The van der Waals surface area contributed by atoms with E-state index in [0.29, 0.717) is 24.6 Å². The molecule has 0 aliphatic carbocycles. The van der Waals surface area contributed by atoms with Crippen LogP contribution in [0.2, 0.25) is 0 Å². The van der Waals surface area contributed by atoms with Crippen molar-refractivity contribution in [3.05, 3.63) is 59.3 Å². The van der Waals surface area contributed by atoms with Crippen molar-refractivity contribution in [2.45, 2.75) is 6.54 Å². The lowest BCUT2D eigenvalue weighted by molar-refractivity contribution is 0.252. The summed E-state index contributed by atoms with van der Waals surface area (Å²) in [5.41, 5.74) is 0.690. The van der Waals surface area contributed by atoms with Crippen molar-refractivity contribution < 1.29 is 9.53 Å². The fourth-order valence-corrected chi connectivity index (χ4v) is 2.22. The van der Waals surface area contributed by atoms with Gasteiger partial charge in [-0.25, -0.2) is 4.79 Å². The first kappa shape index (κ1) is 14.1. The molecule has 0 atom stereocenters. The van der Waals surface area contributed by atoms with E-state index in [0.717, 1.165) is 4.88 Å². The molecular weight excluding hydrogens is 272 g/mol. The number of hydrogen-bond acceptors (Lipinski definition) is 3. The number of benzene rings is 1. The van der Waals surface area contributed by atoms with Crippen molar-refractivity contribution in [1.82, 2.24) is 5.32 Å². The lowest BCUT2D eigenvalue weighted by Gasteiger charge is -2.08. The van der Waals surface area contributed by atoms with Crippen LogP contribution in [0.5, 0.6) is 5.75 Å². The topological polar surface area (TPSA) is 50.4 Å². The second kappa shape index (κ2) is 7.35. The maximum absolute atomic E-state index is 11.8. The first-order valence-electron chi connectivity index (χ1n) is 6.19. The summed E-state index contributed by atoms with van der Waals surface area (Å²) < 4.78 is 5.41. The summed E-state index contributed by atoms with van der Waals surface area (Å²) in [5, 5.41) is 7.55. The van der Waals surface area contributed by atoms with E-state index in [1.807, 2.05) is 35.7 Å². The lowest BCUT2D eigenvalue weighted by atomic mass is 10.3. The molecule has 0 saturated carbocycles. The maximum Gasteiger partial charge on any atom is 0.319 e. The molecule has 104 valence electrons. The van der Waals surface area contributed by atoms with Crippen molar-refractivity contribution in [1.29, 1.82) is 0 Å². The van der Waals surface area contributed by atoms with E-state index < -0.39 is 0 Å². The van der Waals surface area contributed by atoms with Gasteiger partial charge in [0.15, 0.2) is 0 Å². The van der Waals surface area contributed by atoms with Crippen molar-refractivity contribution >= 4 is 23.1 Å². The fourth-order valence-electron chi connectivity index (χ4n) is 1.57. The highest BCUT2D eigenvalue weighted by Gasteiger charge is 2.03. The van der Waals surface area contributed by atoms with Crippen molar-refractivity contribution in [3.8, 4) is 5.75 Å². The standard InChI is InChI=1S/C15H16N2O2S/c1-2-8-19-13-6-3-5-12(10-13)17-15(18)16-11-14-7-4-9-20-14/h2-7,9-10H,1,8,11H2,(H2,16,17,18). The number of hydrogen-bond donors (Lipinski definition) is 2. The molecule has 0 spiro atoms. The maximum atomic E-state index is 11.8. The highest BCUT2D eigenvalue weighted by molar-refractivity contribution is 7.09. The minimum atomic E-state index is -0.237. The molecule has 1 aromatic heterocycles. The van der Waals surface area contributed by atoms with E-state index in [2.05, 4.69) is 17.2 Å². The van der Waals surface area contributed by atoms with Crippen LogP contribution < -0.4 is 15.4 Å². The summed E-state index contributed by atoms with van der Waals surface area (Å²) in [7, 11) is 0. The van der Waals surface area contributed by atoms with Crippen LogP contribution in [-0.2, 0) is 6.54 Å². The van der Waals surface area contributed by atoms with Crippen LogP contribution in [0.4, 0.5) is 10.5 Å². The van der Waals surface area contributed by atoms with Crippen molar-refractivity contribution in [3.63, 3.8) is 0 Å². The van der Waals surface area contributed by atoms with E-state index >= 15 is 0 Å². The zero-order chi connectivity index (χ0) is 14.2. The molecule has 4 nitrogen and oxygen atoms in total. The molecule has 0 bridgehead atoms. The van der Waals surface area contributed by atoms with E-state index in [4.69, 9.17) is 4.74 Å². The summed E-state index contributed by atoms with van der Waals surface area (Å²) in [6.45, 7) is 4.55. The zero-order valence-corrected chi connectivity index (χ0v) is 11.8. The third-order valence-corrected chi connectivity index (χ3v) is 3.34. The fraction of sp³-hybridized carbons (Fsp3) is 0.133. The summed E-state index contributed by atoms with van der Waals surface area (Å²) in [4.78, 5) is 12.9. The third kappa shape index (κ3) is 4.44. The number of rotatable bonds is 6. The molecule has 20 heavy (non-hydrogen) atoms. The molecule has 2 aromatic rings. The van der Waals surface area contributed by atoms with Gasteiger partial charge >= 0.3 is 6.03 Å². The van der Waals surface area contributed by atoms with Crippen LogP contribution in [0.25, 0.3) is 0 Å². The van der Waals surface area contributed by atoms with E-state index in [-0.39, 0.29) is 6.03 Å². The van der Waals surface area contributed by atoms with Crippen LogP contribution >= 0.6 is 11.3 Å². The predicted molar refractivity (Wildman–Crippen MR) is 82.3 cm³/mol. The van der Waals surface area contributed by atoms with Gasteiger partial charge < -0.3 is 15.4 Å².